The maximum absolute atomic E-state index is 9.77. The van der Waals surface area contributed by atoms with E-state index in [2.05, 4.69) is 32.0 Å². The largest absolute Gasteiger partial charge is 0.390 e. The molecule has 0 fully saturated rings. The fourth-order valence-corrected chi connectivity index (χ4v) is 2.48. The lowest BCUT2D eigenvalue weighted by Gasteiger charge is -2.12. The van der Waals surface area contributed by atoms with Crippen LogP contribution in [0.4, 0.5) is 0 Å². The van der Waals surface area contributed by atoms with Crippen molar-refractivity contribution in [3.8, 4) is 0 Å². The van der Waals surface area contributed by atoms with E-state index in [0.717, 1.165) is 0 Å². The number of benzene rings is 1. The van der Waals surface area contributed by atoms with Gasteiger partial charge < -0.3 is 14.6 Å². The molecule has 3 nitrogen and oxygen atoms in total. The first kappa shape index (κ1) is 15.5. The summed E-state index contributed by atoms with van der Waals surface area (Å²) in [5.41, 5.74) is 2.52. The topological polar surface area (TPSA) is 38.7 Å². The number of aliphatic hydroxyl groups excluding tert-OH is 1. The molecule has 1 unspecified atom stereocenters. The van der Waals surface area contributed by atoms with Crippen LogP contribution in [0.3, 0.4) is 0 Å². The smallest absolute Gasteiger partial charge is 0.0867 e. The van der Waals surface area contributed by atoms with Gasteiger partial charge in [-0.25, -0.2) is 0 Å². The van der Waals surface area contributed by atoms with Crippen LogP contribution in [0.2, 0.25) is 0 Å². The highest BCUT2D eigenvalue weighted by Crippen LogP contribution is 2.23. The average Bonchev–Trinajstić information content (AvgIpc) is 2.33. The van der Waals surface area contributed by atoms with Gasteiger partial charge in [0.2, 0.25) is 0 Å². The number of hydrogen-bond acceptors (Lipinski definition) is 4. The number of rotatable bonds is 8. The predicted molar refractivity (Wildman–Crippen MR) is 75.3 cm³/mol. The van der Waals surface area contributed by atoms with Crippen LogP contribution in [0, 0.1) is 13.8 Å². The molecule has 0 saturated heterocycles. The number of ether oxygens (including phenoxy) is 2. The van der Waals surface area contributed by atoms with E-state index in [1.54, 1.807) is 18.9 Å². The molecule has 0 aliphatic carbocycles. The minimum Gasteiger partial charge on any atom is -0.390 e. The first-order valence-corrected chi connectivity index (χ1v) is 7.07. The summed E-state index contributed by atoms with van der Waals surface area (Å²) in [7, 11) is 1.63. The Kier molecular flexibility index (Phi) is 7.35. The SMILES string of the molecule is COCCOCC(O)CSc1ccc(C)cc1C. The summed E-state index contributed by atoms with van der Waals surface area (Å²) in [5, 5.41) is 9.77. The van der Waals surface area contributed by atoms with E-state index in [1.807, 2.05) is 0 Å². The summed E-state index contributed by atoms with van der Waals surface area (Å²) in [6, 6.07) is 6.36. The van der Waals surface area contributed by atoms with Crippen molar-refractivity contribution in [1.29, 1.82) is 0 Å². The van der Waals surface area contributed by atoms with Crippen molar-refractivity contribution >= 4 is 11.8 Å². The molecule has 0 saturated carbocycles. The summed E-state index contributed by atoms with van der Waals surface area (Å²) >= 11 is 1.67. The van der Waals surface area contributed by atoms with Gasteiger partial charge in [0.25, 0.3) is 0 Å². The van der Waals surface area contributed by atoms with Gasteiger partial charge in [-0.05, 0) is 25.5 Å². The molecule has 0 aliphatic heterocycles. The normalized spacial score (nSPS) is 12.7. The molecule has 0 spiro atoms. The van der Waals surface area contributed by atoms with Gasteiger partial charge >= 0.3 is 0 Å². The molecular formula is C14H22O3S. The van der Waals surface area contributed by atoms with E-state index < -0.39 is 6.10 Å². The number of aliphatic hydroxyl groups is 1. The number of thioether (sulfide) groups is 1. The zero-order valence-electron chi connectivity index (χ0n) is 11.3. The van der Waals surface area contributed by atoms with Gasteiger partial charge in [0.1, 0.15) is 0 Å². The van der Waals surface area contributed by atoms with Crippen molar-refractivity contribution in [1.82, 2.24) is 0 Å². The van der Waals surface area contributed by atoms with E-state index in [1.165, 1.54) is 16.0 Å². The first-order valence-electron chi connectivity index (χ1n) is 6.08. The molecular weight excluding hydrogens is 248 g/mol. The Morgan fingerprint density at radius 1 is 1.28 bits per heavy atom. The Labute approximate surface area is 113 Å². The second-order valence-electron chi connectivity index (χ2n) is 4.30. The lowest BCUT2D eigenvalue weighted by molar-refractivity contribution is 0.0218. The third-order valence-corrected chi connectivity index (χ3v) is 3.82. The van der Waals surface area contributed by atoms with Crippen molar-refractivity contribution in [3.63, 3.8) is 0 Å². The van der Waals surface area contributed by atoms with E-state index in [4.69, 9.17) is 9.47 Å². The second kappa shape index (κ2) is 8.53. The monoisotopic (exact) mass is 270 g/mol. The molecule has 1 aromatic rings. The molecule has 1 atom stereocenters. The van der Waals surface area contributed by atoms with Gasteiger partial charge in [-0.1, -0.05) is 17.7 Å². The summed E-state index contributed by atoms with van der Waals surface area (Å²) in [6.45, 7) is 5.64. The fraction of sp³-hybridized carbons (Fsp3) is 0.571. The van der Waals surface area contributed by atoms with Crippen LogP contribution in [0.25, 0.3) is 0 Å². The molecule has 102 valence electrons. The van der Waals surface area contributed by atoms with E-state index in [0.29, 0.717) is 25.6 Å². The van der Waals surface area contributed by atoms with Gasteiger partial charge in [-0.15, -0.1) is 11.8 Å². The summed E-state index contributed by atoms with van der Waals surface area (Å²) in [5.74, 6) is 0.650. The van der Waals surface area contributed by atoms with Crippen LogP contribution < -0.4 is 0 Å². The summed E-state index contributed by atoms with van der Waals surface area (Å²) in [6.07, 6.45) is -0.437. The zero-order chi connectivity index (χ0) is 13.4. The zero-order valence-corrected chi connectivity index (χ0v) is 12.1. The maximum atomic E-state index is 9.77. The van der Waals surface area contributed by atoms with Crippen molar-refractivity contribution in [3.05, 3.63) is 29.3 Å². The Hall–Kier alpha value is -0.550. The summed E-state index contributed by atoms with van der Waals surface area (Å²) < 4.78 is 10.2. The van der Waals surface area contributed by atoms with Gasteiger partial charge in [0, 0.05) is 17.8 Å². The van der Waals surface area contributed by atoms with Crippen molar-refractivity contribution in [2.45, 2.75) is 24.8 Å². The van der Waals surface area contributed by atoms with E-state index in [-0.39, 0.29) is 0 Å². The predicted octanol–water partition coefficient (Wildman–Crippen LogP) is 2.42. The quantitative estimate of drug-likeness (QED) is 0.581. The molecule has 0 amide bonds. The van der Waals surface area contributed by atoms with Gasteiger partial charge in [-0.3, -0.25) is 0 Å². The van der Waals surface area contributed by atoms with Gasteiger partial charge in [0.05, 0.1) is 25.9 Å². The van der Waals surface area contributed by atoms with Gasteiger partial charge in [0.15, 0.2) is 0 Å². The Morgan fingerprint density at radius 2 is 2.06 bits per heavy atom. The van der Waals surface area contributed by atoms with Crippen LogP contribution in [0.15, 0.2) is 23.1 Å². The highest BCUT2D eigenvalue weighted by Gasteiger charge is 2.07. The Balaban J connectivity index is 2.27. The lowest BCUT2D eigenvalue weighted by atomic mass is 10.2. The molecule has 18 heavy (non-hydrogen) atoms. The second-order valence-corrected chi connectivity index (χ2v) is 5.36. The van der Waals surface area contributed by atoms with E-state index >= 15 is 0 Å². The maximum Gasteiger partial charge on any atom is 0.0867 e. The first-order chi connectivity index (χ1) is 8.63. The minimum atomic E-state index is -0.437. The molecule has 0 bridgehead atoms. The molecule has 1 aromatic carbocycles. The van der Waals surface area contributed by atoms with Crippen LogP contribution in [0.1, 0.15) is 11.1 Å². The van der Waals surface area contributed by atoms with Crippen LogP contribution in [-0.2, 0) is 9.47 Å². The fourth-order valence-electron chi connectivity index (χ4n) is 1.56. The molecule has 0 radical (unpaired) electrons. The molecule has 1 rings (SSSR count). The third-order valence-electron chi connectivity index (χ3n) is 2.50. The lowest BCUT2D eigenvalue weighted by Crippen LogP contribution is -2.19. The highest BCUT2D eigenvalue weighted by molar-refractivity contribution is 7.99. The van der Waals surface area contributed by atoms with Crippen molar-refractivity contribution < 1.29 is 14.6 Å². The number of aryl methyl sites for hydroxylation is 2. The van der Waals surface area contributed by atoms with Crippen molar-refractivity contribution in [2.75, 3.05) is 32.7 Å². The minimum absolute atomic E-state index is 0.362. The highest BCUT2D eigenvalue weighted by atomic mass is 32.2. The molecule has 0 aliphatic rings. The number of hydrogen-bond donors (Lipinski definition) is 1. The molecule has 0 aromatic heterocycles. The Morgan fingerprint density at radius 3 is 2.72 bits per heavy atom. The van der Waals surface area contributed by atoms with Crippen LogP contribution in [-0.4, -0.2) is 43.9 Å². The van der Waals surface area contributed by atoms with Crippen LogP contribution >= 0.6 is 11.8 Å². The van der Waals surface area contributed by atoms with Gasteiger partial charge in [-0.2, -0.15) is 0 Å². The molecule has 1 N–H and O–H groups in total. The Bertz CT molecular complexity index is 355. The van der Waals surface area contributed by atoms with Crippen molar-refractivity contribution in [2.24, 2.45) is 0 Å². The third kappa shape index (κ3) is 5.87. The average molecular weight is 270 g/mol. The van der Waals surface area contributed by atoms with E-state index in [9.17, 15) is 5.11 Å². The standard InChI is InChI=1S/C14H22O3S/c1-11-4-5-14(12(2)8-11)18-10-13(15)9-17-7-6-16-3/h4-5,8,13,15H,6-7,9-10H2,1-3H3. The van der Waals surface area contributed by atoms with Crippen LogP contribution in [0.5, 0.6) is 0 Å². The molecule has 0 heterocycles. The summed E-state index contributed by atoms with van der Waals surface area (Å²) in [4.78, 5) is 1.22. The number of methoxy groups -OCH3 is 1. The molecule has 4 heteroatoms.